The Labute approximate surface area is 117 Å². The first-order valence-corrected chi connectivity index (χ1v) is 7.73. The molecule has 13 heavy (non-hydrogen) atoms. The second-order valence-corrected chi connectivity index (χ2v) is 7.37. The van der Waals surface area contributed by atoms with E-state index in [4.69, 9.17) is 0 Å². The fourth-order valence-electron chi connectivity index (χ4n) is 1.18. The zero-order chi connectivity index (χ0) is 9.42. The van der Waals surface area contributed by atoms with Crippen LogP contribution in [0.3, 0.4) is 0 Å². The Morgan fingerprint density at radius 1 is 1.23 bits per heavy atom. The van der Waals surface area contributed by atoms with Gasteiger partial charge in [0.15, 0.2) is 0 Å². The smallest absolute Gasteiger partial charge is 0.0666 e. The zero-order valence-electron chi connectivity index (χ0n) is 6.48. The van der Waals surface area contributed by atoms with E-state index in [9.17, 15) is 0 Å². The molecular formula is C9H5BrI2S. The van der Waals surface area contributed by atoms with Crippen LogP contribution in [0.15, 0.2) is 18.2 Å². The molecule has 0 aliphatic rings. The minimum absolute atomic E-state index is 0.938. The van der Waals surface area contributed by atoms with Gasteiger partial charge in [0.05, 0.1) is 2.88 Å². The van der Waals surface area contributed by atoms with E-state index in [2.05, 4.69) is 79.3 Å². The Morgan fingerprint density at radius 3 is 2.69 bits per heavy atom. The molecule has 1 aromatic heterocycles. The summed E-state index contributed by atoms with van der Waals surface area (Å²) in [5.74, 6) is 0. The van der Waals surface area contributed by atoms with Crippen molar-refractivity contribution in [1.29, 1.82) is 0 Å². The molecule has 0 aliphatic heterocycles. The molecular weight excluding hydrogens is 474 g/mol. The number of hydrogen-bond donors (Lipinski definition) is 0. The number of fused-ring (bicyclic) bond motifs is 1. The molecule has 1 aromatic carbocycles. The van der Waals surface area contributed by atoms with Gasteiger partial charge in [-0.25, -0.2) is 0 Å². The van der Waals surface area contributed by atoms with E-state index in [0.717, 1.165) is 5.33 Å². The molecule has 4 heteroatoms. The fraction of sp³-hybridized carbons (Fsp3) is 0.111. The van der Waals surface area contributed by atoms with Crippen LogP contribution in [0.2, 0.25) is 0 Å². The van der Waals surface area contributed by atoms with E-state index in [0.29, 0.717) is 0 Å². The minimum Gasteiger partial charge on any atom is -0.129 e. The molecule has 0 saturated heterocycles. The first-order valence-electron chi connectivity index (χ1n) is 3.64. The van der Waals surface area contributed by atoms with Gasteiger partial charge >= 0.3 is 0 Å². The van der Waals surface area contributed by atoms with E-state index in [1.165, 1.54) is 22.1 Å². The Morgan fingerprint density at radius 2 is 2.00 bits per heavy atom. The SMILES string of the molecule is BrCc1cc2cc(I)sc2cc1I. The Bertz CT molecular complexity index is 450. The van der Waals surface area contributed by atoms with Crippen molar-refractivity contribution in [3.63, 3.8) is 0 Å². The van der Waals surface area contributed by atoms with Crippen LogP contribution in [0.1, 0.15) is 5.56 Å². The van der Waals surface area contributed by atoms with Crippen LogP contribution >= 0.6 is 72.4 Å². The van der Waals surface area contributed by atoms with Crippen LogP contribution in [-0.4, -0.2) is 0 Å². The molecule has 0 aliphatic carbocycles. The van der Waals surface area contributed by atoms with Crippen molar-refractivity contribution in [1.82, 2.24) is 0 Å². The highest BCUT2D eigenvalue weighted by molar-refractivity contribution is 14.1. The van der Waals surface area contributed by atoms with Gasteiger partial charge in [0.25, 0.3) is 0 Å². The molecule has 0 N–H and O–H groups in total. The third kappa shape index (κ3) is 2.21. The van der Waals surface area contributed by atoms with Gasteiger partial charge < -0.3 is 0 Å². The van der Waals surface area contributed by atoms with Crippen molar-refractivity contribution in [2.75, 3.05) is 0 Å². The third-order valence-corrected chi connectivity index (χ3v) is 5.27. The van der Waals surface area contributed by atoms with Crippen LogP contribution in [0.25, 0.3) is 10.1 Å². The summed E-state index contributed by atoms with van der Waals surface area (Å²) < 4.78 is 4.09. The Kier molecular flexibility index (Phi) is 3.53. The second kappa shape index (κ2) is 4.32. The van der Waals surface area contributed by atoms with Crippen molar-refractivity contribution in [3.05, 3.63) is 30.2 Å². The first kappa shape index (κ1) is 10.6. The molecule has 0 spiro atoms. The van der Waals surface area contributed by atoms with E-state index in [1.807, 2.05) is 11.3 Å². The Balaban J connectivity index is 2.72. The molecule has 0 saturated carbocycles. The first-order chi connectivity index (χ1) is 6.20. The topological polar surface area (TPSA) is 0 Å². The number of hydrogen-bond acceptors (Lipinski definition) is 1. The van der Waals surface area contributed by atoms with E-state index in [-0.39, 0.29) is 0 Å². The van der Waals surface area contributed by atoms with Gasteiger partial charge in [-0.2, -0.15) is 0 Å². The van der Waals surface area contributed by atoms with Crippen molar-refractivity contribution in [2.45, 2.75) is 5.33 Å². The second-order valence-electron chi connectivity index (χ2n) is 2.67. The molecule has 1 heterocycles. The van der Waals surface area contributed by atoms with Crippen LogP contribution in [0.4, 0.5) is 0 Å². The number of benzene rings is 1. The summed E-state index contributed by atoms with van der Waals surface area (Å²) in [7, 11) is 0. The number of alkyl halides is 1. The van der Waals surface area contributed by atoms with E-state index < -0.39 is 0 Å². The van der Waals surface area contributed by atoms with Gasteiger partial charge in [-0.15, -0.1) is 11.3 Å². The summed E-state index contributed by atoms with van der Waals surface area (Å²) >= 11 is 10.1. The maximum Gasteiger partial charge on any atom is 0.0666 e. The maximum atomic E-state index is 3.50. The molecule has 0 bridgehead atoms. The summed E-state index contributed by atoms with van der Waals surface area (Å²) in [4.78, 5) is 0. The lowest BCUT2D eigenvalue weighted by molar-refractivity contribution is 1.43. The largest absolute Gasteiger partial charge is 0.129 e. The minimum atomic E-state index is 0.938. The molecule has 0 radical (unpaired) electrons. The molecule has 0 nitrogen and oxygen atoms in total. The van der Waals surface area contributed by atoms with Gasteiger partial charge in [-0.1, -0.05) is 15.9 Å². The maximum absolute atomic E-state index is 3.50. The predicted octanol–water partition coefficient (Wildman–Crippen LogP) is 5.01. The van der Waals surface area contributed by atoms with Gasteiger partial charge in [0.1, 0.15) is 0 Å². The number of thiophene rings is 1. The molecule has 0 unspecified atom stereocenters. The zero-order valence-corrected chi connectivity index (χ0v) is 13.2. The average Bonchev–Trinajstić information content (AvgIpc) is 2.42. The van der Waals surface area contributed by atoms with Crippen LogP contribution in [0, 0.1) is 6.45 Å². The van der Waals surface area contributed by atoms with Gasteiger partial charge in [0, 0.05) is 13.6 Å². The lowest BCUT2D eigenvalue weighted by Crippen LogP contribution is -1.81. The third-order valence-electron chi connectivity index (χ3n) is 1.80. The molecule has 0 atom stereocenters. The Hall–Kier alpha value is 1.12. The monoisotopic (exact) mass is 478 g/mol. The van der Waals surface area contributed by atoms with Crippen molar-refractivity contribution >= 4 is 82.5 Å². The summed E-state index contributed by atoms with van der Waals surface area (Å²) in [6.07, 6.45) is 0. The van der Waals surface area contributed by atoms with Crippen LogP contribution in [-0.2, 0) is 5.33 Å². The quantitative estimate of drug-likeness (QED) is 0.399. The highest BCUT2D eigenvalue weighted by atomic mass is 127. The van der Waals surface area contributed by atoms with Crippen molar-refractivity contribution in [2.24, 2.45) is 0 Å². The number of halogens is 3. The van der Waals surface area contributed by atoms with Gasteiger partial charge in [-0.3, -0.25) is 0 Å². The molecule has 0 fully saturated rings. The van der Waals surface area contributed by atoms with Crippen LogP contribution in [0.5, 0.6) is 0 Å². The van der Waals surface area contributed by atoms with Gasteiger partial charge in [-0.05, 0) is 74.3 Å². The molecule has 2 rings (SSSR count). The lowest BCUT2D eigenvalue weighted by atomic mass is 10.2. The van der Waals surface area contributed by atoms with Crippen molar-refractivity contribution in [3.8, 4) is 0 Å². The van der Waals surface area contributed by atoms with Crippen LogP contribution < -0.4 is 0 Å². The van der Waals surface area contributed by atoms with Crippen molar-refractivity contribution < 1.29 is 0 Å². The normalized spacial score (nSPS) is 11.0. The predicted molar refractivity (Wildman–Crippen MR) is 79.9 cm³/mol. The van der Waals surface area contributed by atoms with E-state index >= 15 is 0 Å². The average molecular weight is 479 g/mol. The lowest BCUT2D eigenvalue weighted by Gasteiger charge is -1.99. The van der Waals surface area contributed by atoms with Gasteiger partial charge in [0.2, 0.25) is 0 Å². The molecule has 0 amide bonds. The highest BCUT2D eigenvalue weighted by Crippen LogP contribution is 2.30. The fourth-order valence-corrected chi connectivity index (χ4v) is 4.89. The molecule has 68 valence electrons. The summed E-state index contributed by atoms with van der Waals surface area (Å²) in [6.45, 7) is 0. The molecule has 2 aromatic rings. The summed E-state index contributed by atoms with van der Waals surface area (Å²) in [5.41, 5.74) is 1.38. The van der Waals surface area contributed by atoms with E-state index in [1.54, 1.807) is 0 Å². The number of rotatable bonds is 1. The summed E-state index contributed by atoms with van der Waals surface area (Å²) in [6, 6.07) is 6.77. The standard InChI is InChI=1S/C9H5BrI2S/c10-4-6-1-5-2-9(12)13-8(5)3-7(6)11/h1-3H,4H2. The highest BCUT2D eigenvalue weighted by Gasteiger charge is 2.04. The summed E-state index contributed by atoms with van der Waals surface area (Å²) in [5, 5.41) is 2.30.